The molecule has 2 rings (SSSR count). The van der Waals surface area contributed by atoms with Crippen LogP contribution in [0.15, 0.2) is 0 Å². The second kappa shape index (κ2) is 4.00. The number of hydrogen-bond acceptors (Lipinski definition) is 3. The highest BCUT2D eigenvalue weighted by atomic mass is 16.4. The lowest BCUT2D eigenvalue weighted by molar-refractivity contribution is -0.137. The van der Waals surface area contributed by atoms with Gasteiger partial charge in [-0.25, -0.2) is 0 Å². The van der Waals surface area contributed by atoms with Crippen molar-refractivity contribution in [2.45, 2.75) is 39.2 Å². The van der Waals surface area contributed by atoms with Gasteiger partial charge in [0.2, 0.25) is 0 Å². The Morgan fingerprint density at radius 1 is 1.60 bits per heavy atom. The quantitative estimate of drug-likeness (QED) is 0.806. The summed E-state index contributed by atoms with van der Waals surface area (Å²) in [6, 6.07) is 0. The van der Waals surface area contributed by atoms with Gasteiger partial charge in [0.05, 0.1) is 0 Å². The monoisotopic (exact) mass is 209 g/mol. The SMILES string of the molecule is Cc1nnc2n1CCC(CCC(=O)O)C2. The van der Waals surface area contributed by atoms with Crippen LogP contribution in [0, 0.1) is 12.8 Å². The van der Waals surface area contributed by atoms with Gasteiger partial charge in [0.25, 0.3) is 0 Å². The van der Waals surface area contributed by atoms with E-state index >= 15 is 0 Å². The van der Waals surface area contributed by atoms with Crippen molar-refractivity contribution in [3.05, 3.63) is 11.6 Å². The lowest BCUT2D eigenvalue weighted by atomic mass is 9.93. The van der Waals surface area contributed by atoms with Crippen LogP contribution in [0.4, 0.5) is 0 Å². The van der Waals surface area contributed by atoms with E-state index < -0.39 is 5.97 Å². The smallest absolute Gasteiger partial charge is 0.303 e. The summed E-state index contributed by atoms with van der Waals surface area (Å²) in [7, 11) is 0. The molecule has 1 atom stereocenters. The summed E-state index contributed by atoms with van der Waals surface area (Å²) in [6.07, 6.45) is 2.92. The molecule has 1 aliphatic rings. The van der Waals surface area contributed by atoms with E-state index in [-0.39, 0.29) is 6.42 Å². The van der Waals surface area contributed by atoms with Gasteiger partial charge in [0, 0.05) is 19.4 Å². The summed E-state index contributed by atoms with van der Waals surface area (Å²) >= 11 is 0. The Kier molecular flexibility index (Phi) is 2.70. The van der Waals surface area contributed by atoms with Crippen molar-refractivity contribution in [1.82, 2.24) is 14.8 Å². The van der Waals surface area contributed by atoms with E-state index in [2.05, 4.69) is 14.8 Å². The number of carboxylic acid groups (broad SMARTS) is 1. The average molecular weight is 209 g/mol. The molecule has 1 aliphatic heterocycles. The Labute approximate surface area is 88.1 Å². The van der Waals surface area contributed by atoms with Gasteiger partial charge in [-0.15, -0.1) is 10.2 Å². The topological polar surface area (TPSA) is 68.0 Å². The summed E-state index contributed by atoms with van der Waals surface area (Å²) < 4.78 is 2.12. The van der Waals surface area contributed by atoms with E-state index in [1.165, 1.54) is 0 Å². The largest absolute Gasteiger partial charge is 0.481 e. The minimum Gasteiger partial charge on any atom is -0.481 e. The number of aromatic nitrogens is 3. The number of aryl methyl sites for hydroxylation is 1. The second-order valence-corrected chi connectivity index (χ2v) is 4.11. The molecule has 0 spiro atoms. The Bertz CT molecular complexity index is 373. The summed E-state index contributed by atoms with van der Waals surface area (Å²) in [5.41, 5.74) is 0. The zero-order valence-corrected chi connectivity index (χ0v) is 8.81. The molecule has 1 unspecified atom stereocenters. The normalized spacial score (nSPS) is 19.9. The molecule has 0 fully saturated rings. The lowest BCUT2D eigenvalue weighted by Gasteiger charge is -2.22. The van der Waals surface area contributed by atoms with Gasteiger partial charge in [0.15, 0.2) is 0 Å². The van der Waals surface area contributed by atoms with Crippen molar-refractivity contribution in [2.75, 3.05) is 0 Å². The molecule has 1 aromatic heterocycles. The molecule has 0 radical (unpaired) electrons. The summed E-state index contributed by atoms with van der Waals surface area (Å²) in [6.45, 7) is 2.88. The minimum atomic E-state index is -0.710. The van der Waals surface area contributed by atoms with Gasteiger partial charge < -0.3 is 9.67 Å². The lowest BCUT2D eigenvalue weighted by Crippen LogP contribution is -2.21. The molecule has 0 saturated carbocycles. The number of aliphatic carboxylic acids is 1. The van der Waals surface area contributed by atoms with Crippen LogP contribution in [-0.4, -0.2) is 25.8 Å². The first-order valence-electron chi connectivity index (χ1n) is 5.27. The van der Waals surface area contributed by atoms with Crippen LogP contribution in [0.5, 0.6) is 0 Å². The Hall–Kier alpha value is -1.39. The number of rotatable bonds is 3. The Morgan fingerprint density at radius 2 is 2.40 bits per heavy atom. The highest BCUT2D eigenvalue weighted by molar-refractivity contribution is 5.66. The van der Waals surface area contributed by atoms with Crippen molar-refractivity contribution in [3.8, 4) is 0 Å². The molecular weight excluding hydrogens is 194 g/mol. The zero-order chi connectivity index (χ0) is 10.8. The van der Waals surface area contributed by atoms with Gasteiger partial charge in [-0.05, 0) is 25.7 Å². The van der Waals surface area contributed by atoms with Crippen molar-refractivity contribution in [1.29, 1.82) is 0 Å². The number of carboxylic acids is 1. The molecule has 1 aromatic rings. The fourth-order valence-corrected chi connectivity index (χ4v) is 2.11. The molecule has 0 aromatic carbocycles. The third-order valence-electron chi connectivity index (χ3n) is 3.01. The van der Waals surface area contributed by atoms with Crippen LogP contribution in [-0.2, 0) is 17.8 Å². The van der Waals surface area contributed by atoms with Gasteiger partial charge in [0.1, 0.15) is 11.6 Å². The number of carbonyl (C=O) groups is 1. The molecule has 0 saturated heterocycles. The molecule has 0 bridgehead atoms. The maximum atomic E-state index is 10.5. The van der Waals surface area contributed by atoms with Crippen molar-refractivity contribution in [2.24, 2.45) is 5.92 Å². The van der Waals surface area contributed by atoms with E-state index in [9.17, 15) is 4.79 Å². The van der Waals surface area contributed by atoms with E-state index in [1.54, 1.807) is 0 Å². The molecule has 5 nitrogen and oxygen atoms in total. The van der Waals surface area contributed by atoms with E-state index in [0.717, 1.165) is 37.5 Å². The van der Waals surface area contributed by atoms with Crippen molar-refractivity contribution >= 4 is 5.97 Å². The Balaban J connectivity index is 1.97. The Morgan fingerprint density at radius 3 is 3.13 bits per heavy atom. The van der Waals surface area contributed by atoms with E-state index in [1.807, 2.05) is 6.92 Å². The van der Waals surface area contributed by atoms with Crippen molar-refractivity contribution in [3.63, 3.8) is 0 Å². The van der Waals surface area contributed by atoms with Gasteiger partial charge in [-0.2, -0.15) is 0 Å². The van der Waals surface area contributed by atoms with E-state index in [0.29, 0.717) is 5.92 Å². The standard InChI is InChI=1S/C10H15N3O2/c1-7-11-12-9-6-8(2-3-10(14)15)4-5-13(7)9/h8H,2-6H2,1H3,(H,14,15). The summed E-state index contributed by atoms with van der Waals surface area (Å²) in [4.78, 5) is 10.5. The molecular formula is C10H15N3O2. The highest BCUT2D eigenvalue weighted by Crippen LogP contribution is 2.23. The molecule has 1 N–H and O–H groups in total. The third-order valence-corrected chi connectivity index (χ3v) is 3.01. The molecule has 5 heteroatoms. The zero-order valence-electron chi connectivity index (χ0n) is 8.81. The van der Waals surface area contributed by atoms with Crippen LogP contribution < -0.4 is 0 Å². The predicted molar refractivity (Wildman–Crippen MR) is 53.4 cm³/mol. The molecule has 0 aliphatic carbocycles. The van der Waals surface area contributed by atoms with E-state index in [4.69, 9.17) is 5.11 Å². The summed E-state index contributed by atoms with van der Waals surface area (Å²) in [5.74, 6) is 1.71. The first-order chi connectivity index (χ1) is 7.16. The van der Waals surface area contributed by atoms with Crippen LogP contribution in [0.2, 0.25) is 0 Å². The van der Waals surface area contributed by atoms with Gasteiger partial charge in [-0.1, -0.05) is 0 Å². The van der Waals surface area contributed by atoms with Crippen LogP contribution in [0.25, 0.3) is 0 Å². The molecule has 0 amide bonds. The number of nitrogens with zero attached hydrogens (tertiary/aromatic N) is 3. The highest BCUT2D eigenvalue weighted by Gasteiger charge is 2.21. The first-order valence-corrected chi connectivity index (χ1v) is 5.27. The maximum absolute atomic E-state index is 10.5. The average Bonchev–Trinajstić information content (AvgIpc) is 2.57. The minimum absolute atomic E-state index is 0.262. The molecule has 15 heavy (non-hydrogen) atoms. The predicted octanol–water partition coefficient (Wildman–Crippen LogP) is 1.01. The van der Waals surface area contributed by atoms with Gasteiger partial charge in [-0.3, -0.25) is 4.79 Å². The van der Waals surface area contributed by atoms with Crippen LogP contribution in [0.1, 0.15) is 30.9 Å². The first kappa shape index (κ1) is 10.1. The van der Waals surface area contributed by atoms with Crippen molar-refractivity contribution < 1.29 is 9.90 Å². The van der Waals surface area contributed by atoms with Gasteiger partial charge >= 0.3 is 5.97 Å². The molecule has 82 valence electrons. The van der Waals surface area contributed by atoms with Crippen LogP contribution in [0.3, 0.4) is 0 Å². The third kappa shape index (κ3) is 2.16. The molecule has 2 heterocycles. The van der Waals surface area contributed by atoms with Crippen LogP contribution >= 0.6 is 0 Å². The fraction of sp³-hybridized carbons (Fsp3) is 0.700. The fourth-order valence-electron chi connectivity index (χ4n) is 2.11. The number of fused-ring (bicyclic) bond motifs is 1. The summed E-state index contributed by atoms with van der Waals surface area (Å²) in [5, 5.41) is 16.7. The second-order valence-electron chi connectivity index (χ2n) is 4.11. The maximum Gasteiger partial charge on any atom is 0.303 e. The number of hydrogen-bond donors (Lipinski definition) is 1.